The molecule has 1 aliphatic rings. The van der Waals surface area contributed by atoms with Gasteiger partial charge in [-0.25, -0.2) is 13.4 Å². The van der Waals surface area contributed by atoms with Crippen molar-refractivity contribution in [2.45, 2.75) is 41.6 Å². The Morgan fingerprint density at radius 2 is 1.80 bits per heavy atom. The van der Waals surface area contributed by atoms with Crippen LogP contribution >= 0.6 is 11.8 Å². The smallest absolute Gasteiger partial charge is 0.264 e. The van der Waals surface area contributed by atoms with E-state index in [0.717, 1.165) is 16.5 Å². The van der Waals surface area contributed by atoms with Crippen molar-refractivity contribution < 1.29 is 23.0 Å². The molecule has 1 saturated heterocycles. The molecule has 6 rings (SSSR count). The average molecular weight is 590 g/mol. The van der Waals surface area contributed by atoms with Crippen molar-refractivity contribution >= 4 is 38.4 Å². The lowest BCUT2D eigenvalue weighted by Crippen LogP contribution is -2.31. The molecule has 5 aromatic rings. The standard InChI is InChI=1S/C29H27N5O5S2/c35-16-19-9-11-20(12-10-19)25-15-24(17-40-29-31-18-32-33-29)38-28(39-25)22-5-1-7-23(14-22)34-41(36,37)26-8-2-4-21-6-3-13-30-27(21)26/h1-14,18,24-25,28,34-35H,15-17H2,(H,31,32,33). The van der Waals surface area contributed by atoms with Crippen LogP contribution in [-0.4, -0.2) is 45.5 Å². The van der Waals surface area contributed by atoms with E-state index in [1.807, 2.05) is 42.5 Å². The number of aromatic nitrogens is 4. The first kappa shape index (κ1) is 27.4. The SMILES string of the molecule is O=S(=O)(Nc1cccc(C2OC(CSc3ncn[nH]3)CC(c3ccc(CO)cc3)O2)c1)c1cccc2cccnc12. The lowest BCUT2D eigenvalue weighted by atomic mass is 10.0. The van der Waals surface area contributed by atoms with Crippen LogP contribution < -0.4 is 4.72 Å². The highest BCUT2D eigenvalue weighted by atomic mass is 32.2. The molecule has 3 heterocycles. The van der Waals surface area contributed by atoms with Gasteiger partial charge in [-0.1, -0.05) is 66.4 Å². The number of pyridine rings is 1. The fourth-order valence-electron chi connectivity index (χ4n) is 4.71. The summed E-state index contributed by atoms with van der Waals surface area (Å²) in [7, 11) is -3.93. The number of nitrogens with zero attached hydrogens (tertiary/aromatic N) is 3. The highest BCUT2D eigenvalue weighted by Gasteiger charge is 2.32. The van der Waals surface area contributed by atoms with Crippen molar-refractivity contribution in [2.24, 2.45) is 0 Å². The summed E-state index contributed by atoms with van der Waals surface area (Å²) in [6.45, 7) is -0.0362. The van der Waals surface area contributed by atoms with E-state index < -0.39 is 16.3 Å². The predicted molar refractivity (Wildman–Crippen MR) is 155 cm³/mol. The van der Waals surface area contributed by atoms with Crippen LogP contribution in [0.2, 0.25) is 0 Å². The summed E-state index contributed by atoms with van der Waals surface area (Å²) >= 11 is 1.50. The number of rotatable bonds is 9. The summed E-state index contributed by atoms with van der Waals surface area (Å²) in [5.74, 6) is 0.612. The van der Waals surface area contributed by atoms with Crippen LogP contribution in [0.1, 0.15) is 35.5 Å². The molecule has 210 valence electrons. The van der Waals surface area contributed by atoms with Gasteiger partial charge in [0.05, 0.1) is 24.3 Å². The van der Waals surface area contributed by atoms with Crippen LogP contribution in [-0.2, 0) is 26.1 Å². The summed E-state index contributed by atoms with van der Waals surface area (Å²) in [6, 6.07) is 23.3. The Balaban J connectivity index is 1.25. The van der Waals surface area contributed by atoms with Crippen molar-refractivity contribution in [1.29, 1.82) is 0 Å². The molecule has 1 aliphatic heterocycles. The summed E-state index contributed by atoms with van der Waals surface area (Å²) in [5.41, 5.74) is 3.23. The molecular weight excluding hydrogens is 562 g/mol. The molecule has 3 unspecified atom stereocenters. The summed E-state index contributed by atoms with van der Waals surface area (Å²) < 4.78 is 42.3. The number of H-pyrrole nitrogens is 1. The fourth-order valence-corrected chi connectivity index (χ4v) is 6.74. The van der Waals surface area contributed by atoms with Gasteiger partial charge < -0.3 is 14.6 Å². The summed E-state index contributed by atoms with van der Waals surface area (Å²) in [5, 5.41) is 17.6. The third-order valence-electron chi connectivity index (χ3n) is 6.71. The number of aliphatic hydroxyl groups excluding tert-OH is 1. The number of anilines is 1. The maximum atomic E-state index is 13.4. The second kappa shape index (κ2) is 12.0. The minimum Gasteiger partial charge on any atom is -0.392 e. The molecule has 0 saturated carbocycles. The quantitative estimate of drug-likeness (QED) is 0.203. The van der Waals surface area contributed by atoms with E-state index in [1.54, 1.807) is 42.6 Å². The molecule has 12 heteroatoms. The molecule has 0 amide bonds. The Morgan fingerprint density at radius 1 is 0.976 bits per heavy atom. The number of aromatic amines is 1. The van der Waals surface area contributed by atoms with Gasteiger partial charge in [0.2, 0.25) is 0 Å². The number of aliphatic hydroxyl groups is 1. The van der Waals surface area contributed by atoms with Crippen LogP contribution in [0.3, 0.4) is 0 Å². The number of benzene rings is 3. The van der Waals surface area contributed by atoms with Gasteiger partial charge in [-0.05, 0) is 35.4 Å². The van der Waals surface area contributed by atoms with Crippen LogP contribution in [0.5, 0.6) is 0 Å². The van der Waals surface area contributed by atoms with E-state index in [9.17, 15) is 13.5 Å². The molecular formula is C29H27N5O5S2. The van der Waals surface area contributed by atoms with E-state index >= 15 is 0 Å². The average Bonchev–Trinajstić information content (AvgIpc) is 3.53. The zero-order valence-corrected chi connectivity index (χ0v) is 23.4. The van der Waals surface area contributed by atoms with Gasteiger partial charge in [0.15, 0.2) is 11.4 Å². The Hall–Kier alpha value is -3.81. The van der Waals surface area contributed by atoms with Gasteiger partial charge in [-0.2, -0.15) is 5.10 Å². The van der Waals surface area contributed by atoms with Crippen molar-refractivity contribution in [3.63, 3.8) is 0 Å². The molecule has 10 nitrogen and oxygen atoms in total. The minimum absolute atomic E-state index is 0.0362. The number of ether oxygens (including phenoxy) is 2. The third kappa shape index (κ3) is 6.26. The Bertz CT molecular complexity index is 1730. The number of hydrogen-bond acceptors (Lipinski definition) is 9. The zero-order chi connectivity index (χ0) is 28.2. The number of sulfonamides is 1. The largest absolute Gasteiger partial charge is 0.392 e. The van der Waals surface area contributed by atoms with Gasteiger partial charge in [0, 0.05) is 35.0 Å². The number of thioether (sulfide) groups is 1. The minimum atomic E-state index is -3.93. The van der Waals surface area contributed by atoms with Gasteiger partial charge in [-0.3, -0.25) is 14.8 Å². The van der Waals surface area contributed by atoms with Crippen molar-refractivity contribution in [3.8, 4) is 0 Å². The molecule has 41 heavy (non-hydrogen) atoms. The van der Waals surface area contributed by atoms with Crippen molar-refractivity contribution in [3.05, 3.63) is 108 Å². The first-order valence-electron chi connectivity index (χ1n) is 12.9. The lowest BCUT2D eigenvalue weighted by molar-refractivity contribution is -0.245. The predicted octanol–water partition coefficient (Wildman–Crippen LogP) is 4.98. The van der Waals surface area contributed by atoms with Gasteiger partial charge in [0.25, 0.3) is 10.0 Å². The van der Waals surface area contributed by atoms with Crippen LogP contribution in [0, 0.1) is 0 Å². The Labute approximate surface area is 241 Å². The molecule has 3 aromatic carbocycles. The van der Waals surface area contributed by atoms with Crippen LogP contribution in [0.15, 0.2) is 101 Å². The normalized spacial score (nSPS) is 19.3. The van der Waals surface area contributed by atoms with Crippen molar-refractivity contribution in [1.82, 2.24) is 20.2 Å². The van der Waals surface area contributed by atoms with E-state index in [4.69, 9.17) is 9.47 Å². The van der Waals surface area contributed by atoms with Crippen molar-refractivity contribution in [2.75, 3.05) is 10.5 Å². The highest BCUT2D eigenvalue weighted by molar-refractivity contribution is 7.99. The molecule has 0 radical (unpaired) electrons. The molecule has 0 spiro atoms. The highest BCUT2D eigenvalue weighted by Crippen LogP contribution is 2.40. The van der Waals surface area contributed by atoms with Gasteiger partial charge in [-0.15, -0.1) is 0 Å². The van der Waals surface area contributed by atoms with E-state index in [2.05, 4.69) is 24.9 Å². The van der Waals surface area contributed by atoms with Gasteiger partial charge in [0.1, 0.15) is 11.2 Å². The van der Waals surface area contributed by atoms with Crippen LogP contribution in [0.25, 0.3) is 10.9 Å². The van der Waals surface area contributed by atoms with E-state index in [-0.39, 0.29) is 23.7 Å². The number of nitrogens with one attached hydrogen (secondary N) is 2. The molecule has 2 aromatic heterocycles. The Kier molecular flexibility index (Phi) is 7.99. The maximum absolute atomic E-state index is 13.4. The monoisotopic (exact) mass is 589 g/mol. The molecule has 3 atom stereocenters. The third-order valence-corrected chi connectivity index (χ3v) is 9.13. The first-order chi connectivity index (χ1) is 20.0. The second-order valence-electron chi connectivity index (χ2n) is 9.51. The summed E-state index contributed by atoms with van der Waals surface area (Å²) in [4.78, 5) is 8.57. The molecule has 0 bridgehead atoms. The zero-order valence-electron chi connectivity index (χ0n) is 21.8. The molecule has 1 fully saturated rings. The summed E-state index contributed by atoms with van der Waals surface area (Å²) in [6.07, 6.45) is 2.44. The Morgan fingerprint density at radius 3 is 2.61 bits per heavy atom. The first-order valence-corrected chi connectivity index (χ1v) is 15.4. The molecule has 3 N–H and O–H groups in total. The van der Waals surface area contributed by atoms with E-state index in [1.165, 1.54) is 18.1 Å². The topological polar surface area (TPSA) is 139 Å². The van der Waals surface area contributed by atoms with E-state index in [0.29, 0.717) is 34.1 Å². The number of fused-ring (bicyclic) bond motifs is 1. The lowest BCUT2D eigenvalue weighted by Gasteiger charge is -2.36. The number of hydrogen-bond donors (Lipinski definition) is 3. The maximum Gasteiger partial charge on any atom is 0.264 e. The second-order valence-corrected chi connectivity index (χ2v) is 12.2. The van der Waals surface area contributed by atoms with Crippen LogP contribution in [0.4, 0.5) is 5.69 Å². The fraction of sp³-hybridized carbons (Fsp3) is 0.207. The molecule has 0 aliphatic carbocycles. The van der Waals surface area contributed by atoms with Gasteiger partial charge >= 0.3 is 0 Å². The number of para-hydroxylation sites is 1.